The van der Waals surface area contributed by atoms with E-state index < -0.39 is 0 Å². The maximum Gasteiger partial charge on any atom is 0.189 e. The van der Waals surface area contributed by atoms with E-state index in [1.807, 2.05) is 6.92 Å². The summed E-state index contributed by atoms with van der Waals surface area (Å²) in [5, 5.41) is 3.08. The van der Waals surface area contributed by atoms with Crippen LogP contribution in [0.2, 0.25) is 0 Å². The number of guanidine groups is 1. The standard InChI is InChI=1S/C15H26N4O.HI/c1-12(11-20-4)18-15(16)17-9-13-5-7-14(8-6-13)10-19(2)3;/h5-8,12H,9-11H2,1-4H3,(H3,16,17,18);1H. The Morgan fingerprint density at radius 2 is 1.86 bits per heavy atom. The fraction of sp³-hybridized carbons (Fsp3) is 0.533. The van der Waals surface area contributed by atoms with E-state index in [1.165, 1.54) is 5.56 Å². The van der Waals surface area contributed by atoms with E-state index in [-0.39, 0.29) is 30.0 Å². The number of ether oxygens (including phenoxy) is 1. The highest BCUT2D eigenvalue weighted by molar-refractivity contribution is 14.0. The van der Waals surface area contributed by atoms with Crippen molar-refractivity contribution in [1.29, 1.82) is 0 Å². The van der Waals surface area contributed by atoms with Crippen molar-refractivity contribution in [1.82, 2.24) is 10.2 Å². The summed E-state index contributed by atoms with van der Waals surface area (Å²) in [6.07, 6.45) is 0. The highest BCUT2D eigenvalue weighted by atomic mass is 127. The first-order valence-electron chi connectivity index (χ1n) is 6.79. The van der Waals surface area contributed by atoms with Gasteiger partial charge in [-0.25, -0.2) is 4.99 Å². The highest BCUT2D eigenvalue weighted by Gasteiger charge is 2.01. The third-order valence-electron chi connectivity index (χ3n) is 2.76. The third-order valence-corrected chi connectivity index (χ3v) is 2.76. The van der Waals surface area contributed by atoms with Crippen LogP contribution >= 0.6 is 24.0 Å². The SMILES string of the molecule is COCC(C)NC(N)=NCc1ccc(CN(C)C)cc1.I. The average molecular weight is 406 g/mol. The van der Waals surface area contributed by atoms with Gasteiger partial charge in [-0.1, -0.05) is 24.3 Å². The lowest BCUT2D eigenvalue weighted by Gasteiger charge is -2.13. The third kappa shape index (κ3) is 8.90. The normalized spacial score (nSPS) is 12.9. The zero-order valence-corrected chi connectivity index (χ0v) is 15.6. The minimum Gasteiger partial charge on any atom is -0.383 e. The van der Waals surface area contributed by atoms with Gasteiger partial charge in [0.25, 0.3) is 0 Å². The van der Waals surface area contributed by atoms with Crippen molar-refractivity contribution in [2.45, 2.75) is 26.1 Å². The van der Waals surface area contributed by atoms with Gasteiger partial charge in [0.05, 0.1) is 13.2 Å². The van der Waals surface area contributed by atoms with Gasteiger partial charge < -0.3 is 20.7 Å². The van der Waals surface area contributed by atoms with E-state index in [1.54, 1.807) is 7.11 Å². The van der Waals surface area contributed by atoms with E-state index in [4.69, 9.17) is 10.5 Å². The summed E-state index contributed by atoms with van der Waals surface area (Å²) in [5.41, 5.74) is 8.27. The molecule has 0 aliphatic carbocycles. The van der Waals surface area contributed by atoms with Crippen molar-refractivity contribution in [3.63, 3.8) is 0 Å². The van der Waals surface area contributed by atoms with E-state index >= 15 is 0 Å². The minimum atomic E-state index is 0. The number of methoxy groups -OCH3 is 1. The predicted molar refractivity (Wildman–Crippen MR) is 99.0 cm³/mol. The van der Waals surface area contributed by atoms with Crippen LogP contribution in [0.3, 0.4) is 0 Å². The van der Waals surface area contributed by atoms with Crippen molar-refractivity contribution >= 4 is 29.9 Å². The molecule has 1 aromatic carbocycles. The molecular formula is C15H27IN4O. The number of halogens is 1. The van der Waals surface area contributed by atoms with Crippen molar-refractivity contribution in [3.05, 3.63) is 35.4 Å². The molecule has 0 aliphatic heterocycles. The molecule has 1 atom stereocenters. The average Bonchev–Trinajstić information content (AvgIpc) is 2.37. The quantitative estimate of drug-likeness (QED) is 0.412. The Morgan fingerprint density at radius 3 is 2.38 bits per heavy atom. The van der Waals surface area contributed by atoms with Crippen LogP contribution in [0, 0.1) is 0 Å². The second-order valence-corrected chi connectivity index (χ2v) is 5.26. The first-order valence-corrected chi connectivity index (χ1v) is 6.79. The summed E-state index contributed by atoms with van der Waals surface area (Å²) in [4.78, 5) is 6.47. The Bertz CT molecular complexity index is 420. The van der Waals surface area contributed by atoms with Crippen LogP contribution in [0.5, 0.6) is 0 Å². The van der Waals surface area contributed by atoms with E-state index in [9.17, 15) is 0 Å². The molecule has 0 bridgehead atoms. The Kier molecular flexibility index (Phi) is 10.4. The number of hydrogen-bond acceptors (Lipinski definition) is 3. The van der Waals surface area contributed by atoms with Gasteiger partial charge in [-0.05, 0) is 32.1 Å². The monoisotopic (exact) mass is 406 g/mol. The maximum absolute atomic E-state index is 5.83. The van der Waals surface area contributed by atoms with Gasteiger partial charge in [0.15, 0.2) is 5.96 Å². The second-order valence-electron chi connectivity index (χ2n) is 5.26. The summed E-state index contributed by atoms with van der Waals surface area (Å²) >= 11 is 0. The van der Waals surface area contributed by atoms with Crippen LogP contribution in [0.15, 0.2) is 29.3 Å². The molecule has 1 unspecified atom stereocenters. The highest BCUT2D eigenvalue weighted by Crippen LogP contribution is 2.07. The number of benzene rings is 1. The Labute approximate surface area is 145 Å². The van der Waals surface area contributed by atoms with Crippen LogP contribution in [0.1, 0.15) is 18.1 Å². The molecule has 0 saturated heterocycles. The zero-order valence-electron chi connectivity index (χ0n) is 13.3. The van der Waals surface area contributed by atoms with Crippen LogP contribution in [0.4, 0.5) is 0 Å². The summed E-state index contributed by atoms with van der Waals surface area (Å²) in [7, 11) is 5.79. The van der Waals surface area contributed by atoms with Gasteiger partial charge in [0.2, 0.25) is 0 Å². The van der Waals surface area contributed by atoms with Crippen molar-refractivity contribution in [2.24, 2.45) is 10.7 Å². The number of rotatable bonds is 7. The molecule has 120 valence electrons. The molecule has 5 nitrogen and oxygen atoms in total. The predicted octanol–water partition coefficient (Wildman–Crippen LogP) is 1.81. The van der Waals surface area contributed by atoms with Crippen molar-refractivity contribution in [2.75, 3.05) is 27.8 Å². The Hall–Kier alpha value is -0.860. The zero-order chi connectivity index (χ0) is 15.0. The number of nitrogens with one attached hydrogen (secondary N) is 1. The van der Waals surface area contributed by atoms with E-state index in [0.29, 0.717) is 19.1 Å². The fourth-order valence-corrected chi connectivity index (χ4v) is 1.88. The van der Waals surface area contributed by atoms with Crippen LogP contribution < -0.4 is 11.1 Å². The summed E-state index contributed by atoms with van der Waals surface area (Å²) in [6, 6.07) is 8.60. The van der Waals surface area contributed by atoms with Crippen molar-refractivity contribution < 1.29 is 4.74 Å². The summed E-state index contributed by atoms with van der Waals surface area (Å²) in [6.45, 7) is 4.14. The maximum atomic E-state index is 5.83. The fourth-order valence-electron chi connectivity index (χ4n) is 1.88. The molecule has 6 heteroatoms. The Morgan fingerprint density at radius 1 is 1.29 bits per heavy atom. The number of nitrogens with two attached hydrogens (primary N) is 1. The van der Waals surface area contributed by atoms with E-state index in [2.05, 4.69) is 53.6 Å². The lowest BCUT2D eigenvalue weighted by molar-refractivity contribution is 0.179. The first-order chi connectivity index (χ1) is 9.51. The van der Waals surface area contributed by atoms with Gasteiger partial charge >= 0.3 is 0 Å². The van der Waals surface area contributed by atoms with Gasteiger partial charge in [0, 0.05) is 19.7 Å². The van der Waals surface area contributed by atoms with Crippen molar-refractivity contribution in [3.8, 4) is 0 Å². The Balaban J connectivity index is 0.00000400. The molecule has 1 rings (SSSR count). The smallest absolute Gasteiger partial charge is 0.189 e. The van der Waals surface area contributed by atoms with Gasteiger partial charge in [-0.2, -0.15) is 0 Å². The molecule has 0 fully saturated rings. The molecule has 0 aromatic heterocycles. The molecule has 21 heavy (non-hydrogen) atoms. The first kappa shape index (κ1) is 20.1. The molecule has 3 N–H and O–H groups in total. The van der Waals surface area contributed by atoms with Gasteiger partial charge in [-0.15, -0.1) is 24.0 Å². The number of hydrogen-bond donors (Lipinski definition) is 2. The van der Waals surface area contributed by atoms with Gasteiger partial charge in [0.1, 0.15) is 0 Å². The number of nitrogens with zero attached hydrogens (tertiary/aromatic N) is 2. The summed E-state index contributed by atoms with van der Waals surface area (Å²) in [5.74, 6) is 0.451. The number of aliphatic imine (C=N–C) groups is 1. The lowest BCUT2D eigenvalue weighted by atomic mass is 10.1. The lowest BCUT2D eigenvalue weighted by Crippen LogP contribution is -2.40. The topological polar surface area (TPSA) is 62.9 Å². The van der Waals surface area contributed by atoms with E-state index in [0.717, 1.165) is 12.1 Å². The minimum absolute atomic E-state index is 0. The molecule has 0 heterocycles. The summed E-state index contributed by atoms with van der Waals surface area (Å²) < 4.78 is 5.04. The molecule has 0 aliphatic rings. The molecule has 0 radical (unpaired) electrons. The van der Waals surface area contributed by atoms with Crippen LogP contribution in [-0.4, -0.2) is 44.7 Å². The largest absolute Gasteiger partial charge is 0.383 e. The van der Waals surface area contributed by atoms with Crippen LogP contribution in [-0.2, 0) is 17.8 Å². The second kappa shape index (κ2) is 10.8. The van der Waals surface area contributed by atoms with Gasteiger partial charge in [-0.3, -0.25) is 0 Å². The molecule has 1 aromatic rings. The molecule has 0 saturated carbocycles. The molecular weight excluding hydrogens is 379 g/mol. The molecule has 0 amide bonds. The molecule has 0 spiro atoms. The van der Waals surface area contributed by atoms with Crippen LogP contribution in [0.25, 0.3) is 0 Å².